The second kappa shape index (κ2) is 3.73. The number of halogens is 1. The predicted octanol–water partition coefficient (Wildman–Crippen LogP) is 0.967. The van der Waals surface area contributed by atoms with Gasteiger partial charge in [0.15, 0.2) is 5.82 Å². The molecule has 0 amide bonds. The highest BCUT2D eigenvalue weighted by Gasteiger charge is 2.41. The third kappa shape index (κ3) is 1.92. The number of aromatic nitrogens is 2. The predicted molar refractivity (Wildman–Crippen MR) is 54.1 cm³/mol. The van der Waals surface area contributed by atoms with E-state index in [2.05, 4.69) is 9.97 Å². The molecule has 2 heterocycles. The van der Waals surface area contributed by atoms with Crippen molar-refractivity contribution in [3.8, 4) is 0 Å². The molecule has 0 radical (unpaired) electrons. The Morgan fingerprint density at radius 3 is 2.73 bits per heavy atom. The molecule has 82 valence electrons. The Bertz CT molecular complexity index is 352. The highest BCUT2D eigenvalue weighted by molar-refractivity contribution is 5.42. The molecule has 2 rings (SSSR count). The minimum Gasteiger partial charge on any atom is -0.386 e. The van der Waals surface area contributed by atoms with Crippen LogP contribution in [0.1, 0.15) is 19.8 Å². The van der Waals surface area contributed by atoms with Crippen LogP contribution >= 0.6 is 0 Å². The molecule has 0 bridgehead atoms. The van der Waals surface area contributed by atoms with Crippen molar-refractivity contribution in [2.24, 2.45) is 0 Å². The molecule has 15 heavy (non-hydrogen) atoms. The van der Waals surface area contributed by atoms with Crippen molar-refractivity contribution in [3.05, 3.63) is 18.3 Å². The van der Waals surface area contributed by atoms with Crippen LogP contribution < -0.4 is 4.90 Å². The first-order chi connectivity index (χ1) is 7.14. The molecule has 1 aliphatic heterocycles. The largest absolute Gasteiger partial charge is 0.386 e. The maximum atomic E-state index is 13.2. The molecule has 5 heteroatoms. The van der Waals surface area contributed by atoms with Gasteiger partial charge in [-0.3, -0.25) is 0 Å². The quantitative estimate of drug-likeness (QED) is 0.809. The van der Waals surface area contributed by atoms with E-state index in [1.54, 1.807) is 4.90 Å². The van der Waals surface area contributed by atoms with Gasteiger partial charge in [0.1, 0.15) is 0 Å². The van der Waals surface area contributed by atoms with Crippen molar-refractivity contribution < 1.29 is 9.50 Å². The Kier molecular flexibility index (Phi) is 2.56. The average molecular weight is 211 g/mol. The van der Waals surface area contributed by atoms with E-state index < -0.39 is 11.5 Å². The van der Waals surface area contributed by atoms with Gasteiger partial charge < -0.3 is 10.0 Å². The number of hydrogen-bond donors (Lipinski definition) is 1. The van der Waals surface area contributed by atoms with Crippen molar-refractivity contribution in [2.45, 2.75) is 25.4 Å². The van der Waals surface area contributed by atoms with Crippen LogP contribution in [0.15, 0.2) is 12.4 Å². The standard InChI is InChI=1S/C10H14FN3O/c1-2-3-10(15)6-14(7-10)9-8(11)12-4-5-13-9/h4-5,15H,2-3,6-7H2,1H3. The van der Waals surface area contributed by atoms with Crippen LogP contribution in [0.4, 0.5) is 10.2 Å². The Hall–Kier alpha value is -1.23. The van der Waals surface area contributed by atoms with Crippen LogP contribution in [0.3, 0.4) is 0 Å². The van der Waals surface area contributed by atoms with E-state index in [0.29, 0.717) is 13.1 Å². The number of rotatable bonds is 3. The maximum Gasteiger partial charge on any atom is 0.255 e. The van der Waals surface area contributed by atoms with E-state index >= 15 is 0 Å². The van der Waals surface area contributed by atoms with Crippen LogP contribution in [0.2, 0.25) is 0 Å². The molecule has 1 saturated heterocycles. The fourth-order valence-electron chi connectivity index (χ4n) is 1.96. The number of β-amino-alcohol motifs (C(OH)–C–C–N with tert-alkyl or cyclic N) is 1. The van der Waals surface area contributed by atoms with Gasteiger partial charge in [-0.25, -0.2) is 9.97 Å². The van der Waals surface area contributed by atoms with Gasteiger partial charge in [-0.1, -0.05) is 13.3 Å². The van der Waals surface area contributed by atoms with E-state index in [0.717, 1.165) is 12.8 Å². The zero-order valence-electron chi connectivity index (χ0n) is 8.65. The molecule has 0 spiro atoms. The van der Waals surface area contributed by atoms with E-state index in [4.69, 9.17) is 0 Å². The van der Waals surface area contributed by atoms with E-state index in [9.17, 15) is 9.50 Å². The maximum absolute atomic E-state index is 13.2. The Morgan fingerprint density at radius 2 is 2.13 bits per heavy atom. The first-order valence-electron chi connectivity index (χ1n) is 5.08. The first-order valence-corrected chi connectivity index (χ1v) is 5.08. The summed E-state index contributed by atoms with van der Waals surface area (Å²) in [7, 11) is 0. The van der Waals surface area contributed by atoms with Gasteiger partial charge in [0, 0.05) is 12.4 Å². The molecule has 0 unspecified atom stereocenters. The second-order valence-corrected chi connectivity index (χ2v) is 4.00. The zero-order chi connectivity index (χ0) is 10.9. The molecule has 1 N–H and O–H groups in total. The Balaban J connectivity index is 2.03. The molecule has 0 aromatic carbocycles. The van der Waals surface area contributed by atoms with Crippen LogP contribution in [-0.4, -0.2) is 33.8 Å². The molecule has 0 saturated carbocycles. The number of hydrogen-bond acceptors (Lipinski definition) is 4. The van der Waals surface area contributed by atoms with Crippen molar-refractivity contribution in [3.63, 3.8) is 0 Å². The summed E-state index contributed by atoms with van der Waals surface area (Å²) in [5.41, 5.74) is -0.668. The summed E-state index contributed by atoms with van der Waals surface area (Å²) in [4.78, 5) is 9.13. The lowest BCUT2D eigenvalue weighted by Gasteiger charge is -2.47. The molecular formula is C10H14FN3O. The third-order valence-electron chi connectivity index (χ3n) is 2.62. The molecular weight excluding hydrogens is 197 g/mol. The zero-order valence-corrected chi connectivity index (χ0v) is 8.65. The van der Waals surface area contributed by atoms with Crippen molar-refractivity contribution in [1.29, 1.82) is 0 Å². The number of aliphatic hydroxyl groups is 1. The van der Waals surface area contributed by atoms with Gasteiger partial charge in [0.05, 0.1) is 18.7 Å². The van der Waals surface area contributed by atoms with Crippen LogP contribution in [0.25, 0.3) is 0 Å². The van der Waals surface area contributed by atoms with Gasteiger partial charge in [-0.2, -0.15) is 4.39 Å². The lowest BCUT2D eigenvalue weighted by Crippen LogP contribution is -2.62. The topological polar surface area (TPSA) is 49.2 Å². The van der Waals surface area contributed by atoms with Crippen LogP contribution in [0, 0.1) is 5.95 Å². The van der Waals surface area contributed by atoms with E-state index in [1.165, 1.54) is 12.4 Å². The average Bonchev–Trinajstić information content (AvgIpc) is 2.15. The molecule has 4 nitrogen and oxygen atoms in total. The van der Waals surface area contributed by atoms with Crippen molar-refractivity contribution in [2.75, 3.05) is 18.0 Å². The monoisotopic (exact) mass is 211 g/mol. The third-order valence-corrected chi connectivity index (χ3v) is 2.62. The summed E-state index contributed by atoms with van der Waals surface area (Å²) in [6, 6.07) is 0. The lowest BCUT2D eigenvalue weighted by molar-refractivity contribution is 0.00250. The molecule has 0 atom stereocenters. The van der Waals surface area contributed by atoms with Crippen molar-refractivity contribution in [1.82, 2.24) is 9.97 Å². The second-order valence-electron chi connectivity index (χ2n) is 4.00. The molecule has 1 aromatic heterocycles. The fourth-order valence-corrected chi connectivity index (χ4v) is 1.96. The van der Waals surface area contributed by atoms with Gasteiger partial charge in [-0.05, 0) is 6.42 Å². The normalized spacial score (nSPS) is 18.7. The van der Waals surface area contributed by atoms with Crippen LogP contribution in [0.5, 0.6) is 0 Å². The minimum atomic E-state index is -0.668. The Morgan fingerprint density at radius 1 is 1.47 bits per heavy atom. The first kappa shape index (κ1) is 10.3. The Labute approximate surface area is 87.8 Å². The molecule has 0 aliphatic carbocycles. The summed E-state index contributed by atoms with van der Waals surface area (Å²) in [6.07, 6.45) is 4.44. The molecule has 1 aliphatic rings. The summed E-state index contributed by atoms with van der Waals surface area (Å²) in [5.74, 6) is -0.339. The van der Waals surface area contributed by atoms with Gasteiger partial charge in [0.25, 0.3) is 5.95 Å². The summed E-state index contributed by atoms with van der Waals surface area (Å²) in [6.45, 7) is 2.90. The SMILES string of the molecule is CCCC1(O)CN(c2nccnc2F)C1. The highest BCUT2D eigenvalue weighted by atomic mass is 19.1. The number of anilines is 1. The van der Waals surface area contributed by atoms with Gasteiger partial charge >= 0.3 is 0 Å². The summed E-state index contributed by atoms with van der Waals surface area (Å²) < 4.78 is 13.2. The summed E-state index contributed by atoms with van der Waals surface area (Å²) in [5, 5.41) is 9.92. The van der Waals surface area contributed by atoms with E-state index in [-0.39, 0.29) is 5.82 Å². The minimum absolute atomic E-state index is 0.235. The fraction of sp³-hybridized carbons (Fsp3) is 0.600. The van der Waals surface area contributed by atoms with Gasteiger partial charge in [0.2, 0.25) is 0 Å². The highest BCUT2D eigenvalue weighted by Crippen LogP contribution is 2.30. The van der Waals surface area contributed by atoms with E-state index in [1.807, 2.05) is 6.92 Å². The molecule has 1 aromatic rings. The van der Waals surface area contributed by atoms with Crippen molar-refractivity contribution >= 4 is 5.82 Å². The number of nitrogens with zero attached hydrogens (tertiary/aromatic N) is 3. The molecule has 1 fully saturated rings. The smallest absolute Gasteiger partial charge is 0.255 e. The van der Waals surface area contributed by atoms with Crippen LogP contribution in [-0.2, 0) is 0 Å². The summed E-state index contributed by atoms with van der Waals surface area (Å²) >= 11 is 0. The van der Waals surface area contributed by atoms with Gasteiger partial charge in [-0.15, -0.1) is 0 Å². The lowest BCUT2D eigenvalue weighted by atomic mass is 9.89.